The lowest BCUT2D eigenvalue weighted by Gasteiger charge is -1.74. The van der Waals surface area contributed by atoms with Crippen molar-refractivity contribution >= 4 is 12.6 Å². The predicted molar refractivity (Wildman–Crippen MR) is 32.9 cm³/mol. The first-order valence-electron chi connectivity index (χ1n) is 1.78. The van der Waals surface area contributed by atoms with E-state index in [1.165, 1.54) is 0 Å². The van der Waals surface area contributed by atoms with Crippen molar-refractivity contribution in [1.29, 1.82) is 0 Å². The van der Waals surface area contributed by atoms with E-state index in [-0.39, 0.29) is 0 Å². The van der Waals surface area contributed by atoms with E-state index in [1.54, 1.807) is 0 Å². The van der Waals surface area contributed by atoms with Crippen LogP contribution in [0.5, 0.6) is 0 Å². The molecule has 0 aromatic heterocycles. The molecule has 0 amide bonds. The second-order valence-electron chi connectivity index (χ2n) is 0.991. The van der Waals surface area contributed by atoms with Gasteiger partial charge in [0.05, 0.1) is 0 Å². The lowest BCUT2D eigenvalue weighted by atomic mass is 10.5. The van der Waals surface area contributed by atoms with E-state index in [2.05, 4.69) is 19.2 Å². The zero-order valence-electron chi connectivity index (χ0n) is 3.81. The second kappa shape index (κ2) is 3.04. The molecule has 0 spiro atoms. The Labute approximate surface area is 44.0 Å². The van der Waals surface area contributed by atoms with Gasteiger partial charge in [-0.2, -0.15) is 0 Å². The molecule has 34 valence electrons. The van der Waals surface area contributed by atoms with Crippen molar-refractivity contribution in [2.24, 2.45) is 0 Å². The summed E-state index contributed by atoms with van der Waals surface area (Å²) < 4.78 is 0. The van der Waals surface area contributed by atoms with E-state index < -0.39 is 0 Å². The first kappa shape index (κ1) is 5.83. The summed E-state index contributed by atoms with van der Waals surface area (Å²) in [6.07, 6.45) is 3.73. The molecule has 0 nitrogen and oxygen atoms in total. The fourth-order valence-corrected chi connectivity index (χ4v) is 0.341. The molecular formula is C5H8S. The quantitative estimate of drug-likeness (QED) is 0.378. The Morgan fingerprint density at radius 3 is 2.33 bits per heavy atom. The van der Waals surface area contributed by atoms with Gasteiger partial charge in [0.25, 0.3) is 0 Å². The largest absolute Gasteiger partial charge is 0.144 e. The molecule has 0 aromatic carbocycles. The Bertz CT molecular complexity index is 72.0. The van der Waals surface area contributed by atoms with Crippen LogP contribution in [0.3, 0.4) is 0 Å². The molecule has 0 N–H and O–H groups in total. The summed E-state index contributed by atoms with van der Waals surface area (Å²) in [5.41, 5.74) is 0. The van der Waals surface area contributed by atoms with Crippen LogP contribution in [0.4, 0.5) is 0 Å². The molecule has 0 rings (SSSR count). The minimum Gasteiger partial charge on any atom is -0.144 e. The summed E-state index contributed by atoms with van der Waals surface area (Å²) in [4.78, 5) is 0.803. The van der Waals surface area contributed by atoms with Gasteiger partial charge in [-0.3, -0.25) is 0 Å². The summed E-state index contributed by atoms with van der Waals surface area (Å²) in [6, 6.07) is 0. The number of rotatable bonds is 1. The average molecular weight is 100 g/mol. The second-order valence-corrected chi connectivity index (χ2v) is 1.57. The monoisotopic (exact) mass is 100 g/mol. The zero-order valence-corrected chi connectivity index (χ0v) is 4.70. The molecule has 0 bridgehead atoms. The van der Waals surface area contributed by atoms with Crippen molar-refractivity contribution in [3.05, 3.63) is 23.6 Å². The van der Waals surface area contributed by atoms with Crippen LogP contribution in [0.15, 0.2) is 23.6 Å². The number of hydrogen-bond donors (Lipinski definition) is 1. The minimum absolute atomic E-state index is 0.803. The first-order valence-corrected chi connectivity index (χ1v) is 2.22. The Kier molecular flexibility index (Phi) is 2.95. The highest BCUT2D eigenvalue weighted by Gasteiger charge is 1.64. The SMILES string of the molecule is C=C(S)C=CC. The van der Waals surface area contributed by atoms with Crippen molar-refractivity contribution in [3.63, 3.8) is 0 Å². The van der Waals surface area contributed by atoms with Crippen LogP contribution < -0.4 is 0 Å². The topological polar surface area (TPSA) is 0 Å². The molecule has 6 heavy (non-hydrogen) atoms. The summed E-state index contributed by atoms with van der Waals surface area (Å²) in [5, 5.41) is 0. The van der Waals surface area contributed by atoms with E-state index >= 15 is 0 Å². The molecule has 0 aromatic rings. The standard InChI is InChI=1S/C5H8S/c1-3-4-5(2)6/h3-4,6H,2H2,1H3. The van der Waals surface area contributed by atoms with Gasteiger partial charge in [-0.15, -0.1) is 12.6 Å². The summed E-state index contributed by atoms with van der Waals surface area (Å²) >= 11 is 3.90. The third-order valence-electron chi connectivity index (χ3n) is 0.359. The zero-order chi connectivity index (χ0) is 4.99. The van der Waals surface area contributed by atoms with Gasteiger partial charge in [-0.05, 0) is 11.8 Å². The predicted octanol–water partition coefficient (Wildman–Crippen LogP) is 2.01. The maximum Gasteiger partial charge on any atom is -0.00353 e. The summed E-state index contributed by atoms with van der Waals surface area (Å²) in [7, 11) is 0. The molecule has 0 aliphatic heterocycles. The molecule has 0 saturated heterocycles. The van der Waals surface area contributed by atoms with Crippen molar-refractivity contribution in [3.8, 4) is 0 Å². The molecule has 0 unspecified atom stereocenters. The maximum atomic E-state index is 3.90. The van der Waals surface area contributed by atoms with E-state index in [0.717, 1.165) is 4.91 Å². The third-order valence-corrected chi connectivity index (χ3v) is 0.508. The van der Waals surface area contributed by atoms with Gasteiger partial charge in [-0.1, -0.05) is 18.7 Å². The molecule has 0 atom stereocenters. The van der Waals surface area contributed by atoms with E-state index in [9.17, 15) is 0 Å². The molecule has 0 fully saturated rings. The summed E-state index contributed by atoms with van der Waals surface area (Å²) in [6.45, 7) is 5.45. The number of allylic oxidation sites excluding steroid dienone is 2. The lowest BCUT2D eigenvalue weighted by molar-refractivity contribution is 1.73. The Hall–Kier alpha value is -0.170. The normalized spacial score (nSPS) is 9.67. The highest BCUT2D eigenvalue weighted by atomic mass is 32.1. The van der Waals surface area contributed by atoms with Crippen LogP contribution in [0.2, 0.25) is 0 Å². The van der Waals surface area contributed by atoms with Gasteiger partial charge in [-0.25, -0.2) is 0 Å². The smallest absolute Gasteiger partial charge is 0.00353 e. The Morgan fingerprint density at radius 1 is 1.83 bits per heavy atom. The Balaban J connectivity index is 3.30. The average Bonchev–Trinajstić information content (AvgIpc) is 1.35. The molecular weight excluding hydrogens is 92.1 g/mol. The molecule has 0 aliphatic rings. The Morgan fingerprint density at radius 2 is 2.33 bits per heavy atom. The highest BCUT2D eigenvalue weighted by molar-refractivity contribution is 7.84. The van der Waals surface area contributed by atoms with Gasteiger partial charge in [0.15, 0.2) is 0 Å². The van der Waals surface area contributed by atoms with Crippen molar-refractivity contribution in [2.45, 2.75) is 6.92 Å². The molecule has 0 aliphatic carbocycles. The maximum absolute atomic E-state index is 3.90. The van der Waals surface area contributed by atoms with E-state index in [4.69, 9.17) is 0 Å². The fraction of sp³-hybridized carbons (Fsp3) is 0.200. The van der Waals surface area contributed by atoms with Gasteiger partial charge in [0, 0.05) is 0 Å². The first-order chi connectivity index (χ1) is 2.77. The fourth-order valence-electron chi connectivity index (χ4n) is 0.192. The van der Waals surface area contributed by atoms with Crippen LogP contribution in [0.1, 0.15) is 6.92 Å². The van der Waals surface area contributed by atoms with Gasteiger partial charge in [0.1, 0.15) is 0 Å². The van der Waals surface area contributed by atoms with Crippen molar-refractivity contribution in [1.82, 2.24) is 0 Å². The van der Waals surface area contributed by atoms with Gasteiger partial charge < -0.3 is 0 Å². The van der Waals surface area contributed by atoms with Gasteiger partial charge >= 0.3 is 0 Å². The molecule has 0 heterocycles. The van der Waals surface area contributed by atoms with E-state index in [0.29, 0.717) is 0 Å². The van der Waals surface area contributed by atoms with Crippen molar-refractivity contribution < 1.29 is 0 Å². The number of thiol groups is 1. The summed E-state index contributed by atoms with van der Waals surface area (Å²) in [5.74, 6) is 0. The van der Waals surface area contributed by atoms with Crippen molar-refractivity contribution in [2.75, 3.05) is 0 Å². The molecule has 1 heteroatoms. The van der Waals surface area contributed by atoms with Crippen LogP contribution in [0.25, 0.3) is 0 Å². The minimum atomic E-state index is 0.803. The number of hydrogen-bond acceptors (Lipinski definition) is 1. The lowest BCUT2D eigenvalue weighted by Crippen LogP contribution is -1.48. The molecule has 0 saturated carbocycles. The highest BCUT2D eigenvalue weighted by Crippen LogP contribution is 1.94. The van der Waals surface area contributed by atoms with Crippen LogP contribution in [-0.2, 0) is 0 Å². The van der Waals surface area contributed by atoms with E-state index in [1.807, 2.05) is 19.1 Å². The molecule has 0 radical (unpaired) electrons. The van der Waals surface area contributed by atoms with Crippen LogP contribution in [0, 0.1) is 0 Å². The van der Waals surface area contributed by atoms with Crippen LogP contribution in [-0.4, -0.2) is 0 Å². The van der Waals surface area contributed by atoms with Crippen LogP contribution >= 0.6 is 12.6 Å². The van der Waals surface area contributed by atoms with Gasteiger partial charge in [0.2, 0.25) is 0 Å². The third kappa shape index (κ3) is 3.83.